The molecule has 0 unspecified atom stereocenters. The average Bonchev–Trinajstić information content (AvgIpc) is 2.25. The van der Waals surface area contributed by atoms with Gasteiger partial charge in [0.2, 0.25) is 0 Å². The Labute approximate surface area is 86.4 Å². The Morgan fingerprint density at radius 1 is 1.53 bits per heavy atom. The molecule has 0 bridgehead atoms. The molecular weight excluding hydrogens is 196 g/mol. The van der Waals surface area contributed by atoms with Crippen LogP contribution in [0.4, 0.5) is 11.4 Å². The van der Waals surface area contributed by atoms with Crippen LogP contribution in [0.2, 0.25) is 0 Å². The average molecular weight is 206 g/mol. The highest BCUT2D eigenvalue weighted by Gasteiger charge is 2.15. The number of hydrogen-bond donors (Lipinski definition) is 2. The van der Waals surface area contributed by atoms with Crippen molar-refractivity contribution in [2.45, 2.75) is 0 Å². The minimum absolute atomic E-state index is 0.0497. The summed E-state index contributed by atoms with van der Waals surface area (Å²) in [7, 11) is 0. The van der Waals surface area contributed by atoms with Gasteiger partial charge in [-0.15, -0.1) is 0 Å². The van der Waals surface area contributed by atoms with Crippen molar-refractivity contribution in [3.8, 4) is 5.75 Å². The minimum Gasteiger partial charge on any atom is -0.482 e. The van der Waals surface area contributed by atoms with Crippen molar-refractivity contribution in [1.29, 1.82) is 0 Å². The maximum atomic E-state index is 11.0. The van der Waals surface area contributed by atoms with Gasteiger partial charge < -0.3 is 20.2 Å². The van der Waals surface area contributed by atoms with E-state index in [0.29, 0.717) is 11.4 Å². The van der Waals surface area contributed by atoms with Gasteiger partial charge in [-0.25, -0.2) is 0 Å². The molecule has 1 heterocycles. The number of fused-ring (bicyclic) bond motifs is 1. The highest BCUT2D eigenvalue weighted by molar-refractivity contribution is 5.96. The van der Waals surface area contributed by atoms with Crippen LogP contribution < -0.4 is 15.4 Å². The summed E-state index contributed by atoms with van der Waals surface area (Å²) in [5.74, 6) is 0.473. The maximum absolute atomic E-state index is 11.0. The van der Waals surface area contributed by atoms with Crippen molar-refractivity contribution >= 4 is 23.6 Å². The van der Waals surface area contributed by atoms with Crippen LogP contribution in [0.5, 0.6) is 5.75 Å². The van der Waals surface area contributed by atoms with E-state index in [4.69, 9.17) is 4.74 Å². The van der Waals surface area contributed by atoms with E-state index in [1.165, 1.54) is 0 Å². The zero-order chi connectivity index (χ0) is 10.7. The summed E-state index contributed by atoms with van der Waals surface area (Å²) in [5, 5.41) is 5.57. The van der Waals surface area contributed by atoms with Crippen LogP contribution >= 0.6 is 0 Å². The molecule has 1 amide bonds. The van der Waals surface area contributed by atoms with Crippen LogP contribution in [0, 0.1) is 0 Å². The molecule has 78 valence electrons. The zero-order valence-corrected chi connectivity index (χ0v) is 7.95. The van der Waals surface area contributed by atoms with Crippen molar-refractivity contribution in [3.05, 3.63) is 18.2 Å². The second-order valence-electron chi connectivity index (χ2n) is 3.10. The number of nitrogens with one attached hydrogen (secondary N) is 2. The second-order valence-corrected chi connectivity index (χ2v) is 3.10. The first-order valence-electron chi connectivity index (χ1n) is 4.54. The number of rotatable bonds is 3. The number of aldehydes is 1. The van der Waals surface area contributed by atoms with Crippen molar-refractivity contribution in [3.63, 3.8) is 0 Å². The molecule has 1 aromatic carbocycles. The largest absolute Gasteiger partial charge is 0.482 e. The van der Waals surface area contributed by atoms with Gasteiger partial charge in [-0.3, -0.25) is 4.79 Å². The molecule has 0 saturated carbocycles. The third-order valence-electron chi connectivity index (χ3n) is 2.00. The van der Waals surface area contributed by atoms with Gasteiger partial charge in [-0.05, 0) is 18.2 Å². The second kappa shape index (κ2) is 4.00. The predicted octanol–water partition coefficient (Wildman–Crippen LogP) is 0.628. The lowest BCUT2D eigenvalue weighted by Crippen LogP contribution is -2.25. The molecule has 2 rings (SSSR count). The van der Waals surface area contributed by atoms with E-state index in [0.717, 1.165) is 12.0 Å². The molecule has 0 atom stereocenters. The van der Waals surface area contributed by atoms with E-state index < -0.39 is 0 Å². The van der Waals surface area contributed by atoms with Gasteiger partial charge in [-0.2, -0.15) is 0 Å². The van der Waals surface area contributed by atoms with Gasteiger partial charge in [0.15, 0.2) is 6.61 Å². The van der Waals surface area contributed by atoms with E-state index in [1.807, 2.05) is 0 Å². The molecule has 2 N–H and O–H groups in total. The Balaban J connectivity index is 2.20. The smallest absolute Gasteiger partial charge is 0.262 e. The molecule has 5 nitrogen and oxygen atoms in total. The van der Waals surface area contributed by atoms with Gasteiger partial charge in [-0.1, -0.05) is 0 Å². The summed E-state index contributed by atoms with van der Waals surface area (Å²) >= 11 is 0. The molecule has 0 radical (unpaired) electrons. The fourth-order valence-electron chi connectivity index (χ4n) is 1.35. The molecule has 0 aromatic heterocycles. The number of carbonyl (C=O) groups is 2. The van der Waals surface area contributed by atoms with Gasteiger partial charge in [0.05, 0.1) is 12.2 Å². The zero-order valence-electron chi connectivity index (χ0n) is 7.95. The summed E-state index contributed by atoms with van der Waals surface area (Å²) in [5.41, 5.74) is 1.40. The SMILES string of the molecule is O=CCNc1ccc2c(c1)NC(=O)CO2. The lowest BCUT2D eigenvalue weighted by atomic mass is 10.2. The quantitative estimate of drug-likeness (QED) is 0.712. The highest BCUT2D eigenvalue weighted by atomic mass is 16.5. The Morgan fingerprint density at radius 3 is 3.20 bits per heavy atom. The molecular formula is C10H10N2O3. The summed E-state index contributed by atoms with van der Waals surface area (Å²) in [6.45, 7) is 0.293. The summed E-state index contributed by atoms with van der Waals surface area (Å²) in [6.07, 6.45) is 0.772. The van der Waals surface area contributed by atoms with E-state index >= 15 is 0 Å². The van der Waals surface area contributed by atoms with Crippen molar-refractivity contribution in [1.82, 2.24) is 0 Å². The van der Waals surface area contributed by atoms with Gasteiger partial charge in [0.25, 0.3) is 5.91 Å². The summed E-state index contributed by atoms with van der Waals surface area (Å²) in [4.78, 5) is 21.2. The first kappa shape index (κ1) is 9.51. The number of ether oxygens (including phenoxy) is 1. The summed E-state index contributed by atoms with van der Waals surface area (Å²) < 4.78 is 5.19. The highest BCUT2D eigenvalue weighted by Crippen LogP contribution is 2.30. The predicted molar refractivity (Wildman–Crippen MR) is 55.1 cm³/mol. The van der Waals surface area contributed by atoms with Crippen molar-refractivity contribution in [2.24, 2.45) is 0 Å². The van der Waals surface area contributed by atoms with Gasteiger partial charge in [0.1, 0.15) is 12.0 Å². The number of anilines is 2. The van der Waals surface area contributed by atoms with Crippen LogP contribution in [0.15, 0.2) is 18.2 Å². The Morgan fingerprint density at radius 2 is 2.40 bits per heavy atom. The lowest BCUT2D eigenvalue weighted by Gasteiger charge is -2.18. The third kappa shape index (κ3) is 2.07. The lowest BCUT2D eigenvalue weighted by molar-refractivity contribution is -0.118. The molecule has 0 saturated heterocycles. The van der Waals surface area contributed by atoms with Gasteiger partial charge in [0, 0.05) is 5.69 Å². The Bertz CT molecular complexity index is 404. The van der Waals surface area contributed by atoms with Gasteiger partial charge >= 0.3 is 0 Å². The standard InChI is InChI=1S/C10H10N2O3/c13-4-3-11-7-1-2-9-8(5-7)12-10(14)6-15-9/h1-2,4-5,11H,3,6H2,(H,12,14). The number of hydrogen-bond acceptors (Lipinski definition) is 4. The maximum Gasteiger partial charge on any atom is 0.262 e. The molecule has 0 fully saturated rings. The van der Waals surface area contributed by atoms with Crippen LogP contribution in [0.25, 0.3) is 0 Å². The first-order valence-corrected chi connectivity index (χ1v) is 4.54. The monoisotopic (exact) mass is 206 g/mol. The molecule has 5 heteroatoms. The van der Waals surface area contributed by atoms with E-state index in [2.05, 4.69) is 10.6 Å². The first-order chi connectivity index (χ1) is 7.29. The van der Waals surface area contributed by atoms with Crippen LogP contribution in [0.3, 0.4) is 0 Å². The van der Waals surface area contributed by atoms with Crippen LogP contribution in [-0.4, -0.2) is 25.3 Å². The van der Waals surface area contributed by atoms with Crippen molar-refractivity contribution < 1.29 is 14.3 Å². The van der Waals surface area contributed by atoms with Crippen molar-refractivity contribution in [2.75, 3.05) is 23.8 Å². The molecule has 0 aliphatic carbocycles. The van der Waals surface area contributed by atoms with E-state index in [-0.39, 0.29) is 19.1 Å². The Kier molecular flexibility index (Phi) is 2.53. The third-order valence-corrected chi connectivity index (χ3v) is 2.00. The van der Waals surface area contributed by atoms with E-state index in [9.17, 15) is 9.59 Å². The number of amides is 1. The fourth-order valence-corrected chi connectivity index (χ4v) is 1.35. The minimum atomic E-state index is -0.171. The topological polar surface area (TPSA) is 67.4 Å². The van der Waals surface area contributed by atoms with E-state index in [1.54, 1.807) is 18.2 Å². The molecule has 1 aliphatic heterocycles. The Hall–Kier alpha value is -2.04. The molecule has 15 heavy (non-hydrogen) atoms. The molecule has 1 aromatic rings. The normalized spacial score (nSPS) is 13.5. The molecule has 1 aliphatic rings. The summed E-state index contributed by atoms with van der Waals surface area (Å²) in [6, 6.07) is 5.28. The van der Waals surface area contributed by atoms with Crippen LogP contribution in [0.1, 0.15) is 0 Å². The number of benzene rings is 1. The number of carbonyl (C=O) groups excluding carboxylic acids is 2. The van der Waals surface area contributed by atoms with Crippen LogP contribution in [-0.2, 0) is 9.59 Å². The molecule has 0 spiro atoms. The fraction of sp³-hybridized carbons (Fsp3) is 0.200.